The molecule has 0 spiro atoms. The Morgan fingerprint density at radius 3 is 2.73 bits per heavy atom. The summed E-state index contributed by atoms with van der Waals surface area (Å²) in [6, 6.07) is 3.19. The first-order valence-electron chi connectivity index (χ1n) is 8.94. The van der Waals surface area contributed by atoms with Crippen LogP contribution in [0.5, 0.6) is 11.5 Å². The molecule has 30 heavy (non-hydrogen) atoms. The molecule has 4 amide bonds. The number of hydrogen-bond acceptors (Lipinski definition) is 6. The van der Waals surface area contributed by atoms with Crippen LogP contribution in [0.2, 0.25) is 0 Å². The Balaban J connectivity index is 0.000000214. The number of fused-ring (bicyclic) bond motifs is 1. The Kier molecular flexibility index (Phi) is 7.13. The van der Waals surface area contributed by atoms with Gasteiger partial charge in [-0.05, 0) is 32.0 Å². The highest BCUT2D eigenvalue weighted by atomic mass is 19.1. The van der Waals surface area contributed by atoms with Crippen molar-refractivity contribution in [2.24, 2.45) is 5.73 Å². The summed E-state index contributed by atoms with van der Waals surface area (Å²) in [6.45, 7) is 4.30. The number of primary amides is 1. The average Bonchev–Trinajstić information content (AvgIpc) is 2.71. The molecule has 6 N–H and O–H groups in total. The van der Waals surface area contributed by atoms with E-state index in [0.29, 0.717) is 30.8 Å². The number of pyridine rings is 1. The molecule has 1 aliphatic rings. The molecular formula is C19H22FN5O5. The average molecular weight is 419 g/mol. The monoisotopic (exact) mass is 419 g/mol. The molecule has 0 radical (unpaired) electrons. The van der Waals surface area contributed by atoms with Gasteiger partial charge in [0.1, 0.15) is 5.82 Å². The highest BCUT2D eigenvalue weighted by Crippen LogP contribution is 2.37. The predicted molar refractivity (Wildman–Crippen MR) is 105 cm³/mol. The molecule has 0 aliphatic carbocycles. The van der Waals surface area contributed by atoms with Gasteiger partial charge in [-0.2, -0.15) is 0 Å². The lowest BCUT2D eigenvalue weighted by molar-refractivity contribution is -0.110. The van der Waals surface area contributed by atoms with Crippen molar-refractivity contribution in [2.75, 3.05) is 11.9 Å². The Morgan fingerprint density at radius 1 is 1.47 bits per heavy atom. The number of phenols is 2. The summed E-state index contributed by atoms with van der Waals surface area (Å²) in [4.78, 5) is 37.6. The van der Waals surface area contributed by atoms with Crippen LogP contribution in [0.3, 0.4) is 0 Å². The first kappa shape index (κ1) is 22.4. The summed E-state index contributed by atoms with van der Waals surface area (Å²) in [5, 5.41) is 23.9. The maximum absolute atomic E-state index is 13.4. The van der Waals surface area contributed by atoms with Crippen molar-refractivity contribution in [1.82, 2.24) is 15.2 Å². The summed E-state index contributed by atoms with van der Waals surface area (Å²) in [5.41, 5.74) is 6.12. The summed E-state index contributed by atoms with van der Waals surface area (Å²) in [6.07, 6.45) is 1.62. The van der Waals surface area contributed by atoms with E-state index < -0.39 is 17.8 Å². The minimum Gasteiger partial charge on any atom is -0.504 e. The topological polar surface area (TPSA) is 158 Å². The molecular weight excluding hydrogens is 397 g/mol. The number of halogens is 1. The van der Waals surface area contributed by atoms with Gasteiger partial charge in [-0.3, -0.25) is 14.6 Å². The number of carbonyl (C=O) groups is 3. The maximum Gasteiger partial charge on any atom is 0.322 e. The number of phenolic OH excluding ortho intramolecular Hbond substituents is 2. The largest absolute Gasteiger partial charge is 0.504 e. The standard InChI is InChI=1S/C10H12N2O3.C9H10FN3O2/c1-2-12-5-6-7(11-10(12)15)3-4-8(13)9(6)14;1-5(13-4-14)8-7(10)2-6(3-12-8)9(11)15/h3-4,13-14H,2,5H2,1H3,(H,11,15);2-5H,1H3,(H2,11,15)(H,13,14). The zero-order chi connectivity index (χ0) is 22.4. The van der Waals surface area contributed by atoms with E-state index in [0.717, 1.165) is 6.07 Å². The Labute approximate surface area is 171 Å². The van der Waals surface area contributed by atoms with Gasteiger partial charge in [-0.1, -0.05) is 0 Å². The number of nitrogens with two attached hydrogens (primary N) is 1. The molecule has 3 rings (SSSR count). The molecule has 1 atom stereocenters. The van der Waals surface area contributed by atoms with Crippen LogP contribution in [0.25, 0.3) is 0 Å². The molecule has 0 saturated carbocycles. The van der Waals surface area contributed by atoms with Gasteiger partial charge >= 0.3 is 6.03 Å². The Morgan fingerprint density at radius 2 is 2.17 bits per heavy atom. The lowest BCUT2D eigenvalue weighted by Crippen LogP contribution is -2.38. The molecule has 1 unspecified atom stereocenters. The number of nitrogens with one attached hydrogen (secondary N) is 2. The van der Waals surface area contributed by atoms with Crippen molar-refractivity contribution in [3.63, 3.8) is 0 Å². The summed E-state index contributed by atoms with van der Waals surface area (Å²) in [5.74, 6) is -1.75. The number of carbonyl (C=O) groups excluding carboxylic acids is 3. The van der Waals surface area contributed by atoms with Crippen molar-refractivity contribution in [3.8, 4) is 11.5 Å². The third-order valence-electron chi connectivity index (χ3n) is 4.40. The molecule has 1 aliphatic heterocycles. The number of benzene rings is 1. The number of urea groups is 1. The lowest BCUT2D eigenvalue weighted by atomic mass is 10.1. The normalized spacial score (nSPS) is 13.3. The first-order valence-corrected chi connectivity index (χ1v) is 8.94. The fourth-order valence-electron chi connectivity index (χ4n) is 2.70. The molecule has 0 saturated heterocycles. The van der Waals surface area contributed by atoms with Gasteiger partial charge in [0.25, 0.3) is 0 Å². The van der Waals surface area contributed by atoms with Crippen molar-refractivity contribution >= 4 is 24.0 Å². The lowest BCUT2D eigenvalue weighted by Gasteiger charge is -2.28. The zero-order valence-electron chi connectivity index (χ0n) is 16.3. The van der Waals surface area contributed by atoms with E-state index in [1.165, 1.54) is 12.3 Å². The highest BCUT2D eigenvalue weighted by Gasteiger charge is 2.24. The van der Waals surface area contributed by atoms with E-state index in [9.17, 15) is 29.0 Å². The second-order valence-corrected chi connectivity index (χ2v) is 6.37. The van der Waals surface area contributed by atoms with Crippen molar-refractivity contribution in [2.45, 2.75) is 26.4 Å². The van der Waals surface area contributed by atoms with Gasteiger partial charge in [0.15, 0.2) is 11.5 Å². The van der Waals surface area contributed by atoms with Gasteiger partial charge in [-0.15, -0.1) is 0 Å². The van der Waals surface area contributed by atoms with Crippen molar-refractivity contribution in [3.05, 3.63) is 47.0 Å². The quantitative estimate of drug-likeness (QED) is 0.281. The highest BCUT2D eigenvalue weighted by molar-refractivity contribution is 5.93. The molecule has 2 aromatic rings. The first-order chi connectivity index (χ1) is 14.2. The van der Waals surface area contributed by atoms with E-state index in [-0.39, 0.29) is 28.8 Å². The third-order valence-corrected chi connectivity index (χ3v) is 4.40. The van der Waals surface area contributed by atoms with Crippen LogP contribution >= 0.6 is 0 Å². The summed E-state index contributed by atoms with van der Waals surface area (Å²) in [7, 11) is 0. The van der Waals surface area contributed by atoms with Crippen LogP contribution in [-0.4, -0.2) is 45.0 Å². The predicted octanol–water partition coefficient (Wildman–Crippen LogP) is 1.59. The summed E-state index contributed by atoms with van der Waals surface area (Å²) >= 11 is 0. The van der Waals surface area contributed by atoms with Crippen molar-refractivity contribution in [1.29, 1.82) is 0 Å². The number of aromatic nitrogens is 1. The van der Waals surface area contributed by atoms with Crippen molar-refractivity contribution < 1.29 is 29.0 Å². The summed E-state index contributed by atoms with van der Waals surface area (Å²) < 4.78 is 13.4. The number of anilines is 1. The van der Waals surface area contributed by atoms with Crippen LogP contribution < -0.4 is 16.4 Å². The second kappa shape index (κ2) is 9.54. The minimum atomic E-state index is -0.746. The van der Waals surface area contributed by atoms with E-state index in [1.807, 2.05) is 6.92 Å². The second-order valence-electron chi connectivity index (χ2n) is 6.37. The van der Waals surface area contributed by atoms with Crippen LogP contribution in [0.4, 0.5) is 14.9 Å². The van der Waals surface area contributed by atoms with Crippen LogP contribution in [0.15, 0.2) is 24.4 Å². The van der Waals surface area contributed by atoms with Gasteiger partial charge in [0.2, 0.25) is 12.3 Å². The van der Waals surface area contributed by atoms with E-state index in [2.05, 4.69) is 15.6 Å². The molecule has 0 bridgehead atoms. The smallest absolute Gasteiger partial charge is 0.322 e. The van der Waals surface area contributed by atoms with Gasteiger partial charge in [-0.25, -0.2) is 9.18 Å². The van der Waals surface area contributed by atoms with Gasteiger partial charge < -0.3 is 31.5 Å². The molecule has 10 nitrogen and oxygen atoms in total. The fraction of sp³-hybridized carbons (Fsp3) is 0.263. The molecule has 160 valence electrons. The Hall–Kier alpha value is -3.89. The van der Waals surface area contributed by atoms with E-state index >= 15 is 0 Å². The molecule has 2 heterocycles. The minimum absolute atomic E-state index is 0.00504. The molecule has 1 aromatic heterocycles. The number of aromatic hydroxyl groups is 2. The Bertz CT molecular complexity index is 969. The number of rotatable bonds is 5. The van der Waals surface area contributed by atoms with Gasteiger partial charge in [0, 0.05) is 18.3 Å². The van der Waals surface area contributed by atoms with E-state index in [4.69, 9.17) is 5.73 Å². The molecule has 1 aromatic carbocycles. The zero-order valence-corrected chi connectivity index (χ0v) is 16.3. The van der Waals surface area contributed by atoms with E-state index in [1.54, 1.807) is 17.9 Å². The number of nitrogens with zero attached hydrogens (tertiary/aromatic N) is 2. The fourth-order valence-corrected chi connectivity index (χ4v) is 2.70. The van der Waals surface area contributed by atoms with Crippen LogP contribution in [-0.2, 0) is 11.3 Å². The SMILES string of the molecule is CC(NC=O)c1ncc(C(N)=O)cc1F.CCN1Cc2c(ccc(O)c2O)NC1=O. The number of hydrogen-bond donors (Lipinski definition) is 5. The van der Waals surface area contributed by atoms with Gasteiger partial charge in [0.05, 0.1) is 29.5 Å². The van der Waals surface area contributed by atoms with Crippen LogP contribution in [0.1, 0.15) is 41.5 Å². The number of amides is 4. The molecule has 11 heteroatoms. The maximum atomic E-state index is 13.4. The van der Waals surface area contributed by atoms with Crippen LogP contribution in [0, 0.1) is 5.82 Å². The third kappa shape index (κ3) is 4.93. The molecule has 0 fully saturated rings.